The third-order valence-corrected chi connectivity index (χ3v) is 4.61. The lowest BCUT2D eigenvalue weighted by molar-refractivity contribution is 0.102. The number of methoxy groups -OCH3 is 1. The fraction of sp³-hybridized carbons (Fsp3) is 0.143. The average molecular weight is 378 g/mol. The van der Waals surface area contributed by atoms with E-state index in [1.807, 2.05) is 18.2 Å². The molecular weight excluding hydrogens is 359 g/mol. The number of carbonyl (C=O) groups excluding carboxylic acids is 1. The van der Waals surface area contributed by atoms with Gasteiger partial charge in [0.2, 0.25) is 0 Å². The van der Waals surface area contributed by atoms with Gasteiger partial charge in [-0.2, -0.15) is 5.10 Å². The van der Waals surface area contributed by atoms with E-state index in [4.69, 9.17) is 4.74 Å². The van der Waals surface area contributed by atoms with Crippen LogP contribution in [0.5, 0.6) is 5.75 Å². The molecule has 1 amide bonds. The molecule has 28 heavy (non-hydrogen) atoms. The van der Waals surface area contributed by atoms with Crippen LogP contribution < -0.4 is 10.1 Å². The number of anilines is 1. The number of nitrogens with one attached hydrogen (secondary N) is 2. The number of nitrogens with zero attached hydrogens (tertiary/aromatic N) is 2. The molecule has 4 rings (SSSR count). The summed E-state index contributed by atoms with van der Waals surface area (Å²) < 4.78 is 20.8. The van der Waals surface area contributed by atoms with Crippen molar-refractivity contribution in [1.29, 1.82) is 0 Å². The summed E-state index contributed by atoms with van der Waals surface area (Å²) >= 11 is 0. The van der Waals surface area contributed by atoms with Crippen molar-refractivity contribution in [1.82, 2.24) is 14.8 Å². The van der Waals surface area contributed by atoms with Crippen molar-refractivity contribution >= 4 is 22.6 Å². The van der Waals surface area contributed by atoms with Crippen LogP contribution >= 0.6 is 0 Å². The molecule has 0 bridgehead atoms. The van der Waals surface area contributed by atoms with Gasteiger partial charge in [0.25, 0.3) is 5.91 Å². The van der Waals surface area contributed by atoms with Crippen LogP contribution in [-0.2, 0) is 6.54 Å². The highest BCUT2D eigenvalue weighted by atomic mass is 19.1. The normalized spacial score (nSPS) is 11.0. The maximum Gasteiger partial charge on any atom is 0.256 e. The third kappa shape index (κ3) is 3.22. The molecule has 2 aromatic carbocycles. The van der Waals surface area contributed by atoms with Gasteiger partial charge < -0.3 is 14.6 Å². The number of aromatic nitrogens is 3. The maximum atomic E-state index is 13.3. The number of rotatable bonds is 5. The first-order valence-corrected chi connectivity index (χ1v) is 8.89. The van der Waals surface area contributed by atoms with Gasteiger partial charge >= 0.3 is 0 Å². The van der Waals surface area contributed by atoms with Crippen molar-refractivity contribution in [2.45, 2.75) is 13.5 Å². The van der Waals surface area contributed by atoms with Crippen LogP contribution in [0.25, 0.3) is 22.3 Å². The van der Waals surface area contributed by atoms with Crippen LogP contribution in [0.1, 0.15) is 17.3 Å². The van der Waals surface area contributed by atoms with E-state index in [0.29, 0.717) is 5.82 Å². The first-order valence-electron chi connectivity index (χ1n) is 8.89. The summed E-state index contributed by atoms with van der Waals surface area (Å²) in [6.45, 7) is 2.82. The Kier molecular flexibility index (Phi) is 4.57. The fourth-order valence-electron chi connectivity index (χ4n) is 3.26. The average Bonchev–Trinajstić information content (AvgIpc) is 3.31. The molecule has 2 N–H and O–H groups in total. The zero-order valence-electron chi connectivity index (χ0n) is 15.5. The Bertz CT molecular complexity index is 1160. The van der Waals surface area contributed by atoms with Gasteiger partial charge in [0.1, 0.15) is 11.6 Å². The van der Waals surface area contributed by atoms with Crippen molar-refractivity contribution in [3.8, 4) is 17.1 Å². The van der Waals surface area contributed by atoms with Crippen LogP contribution in [0.3, 0.4) is 0 Å². The number of aromatic amines is 1. The van der Waals surface area contributed by atoms with Gasteiger partial charge in [-0.05, 0) is 43.3 Å². The molecule has 7 heteroatoms. The molecule has 0 spiro atoms. The Morgan fingerprint density at radius 3 is 2.82 bits per heavy atom. The second-order valence-corrected chi connectivity index (χ2v) is 6.33. The predicted octanol–water partition coefficient (Wildman–Crippen LogP) is 4.45. The van der Waals surface area contributed by atoms with Gasteiger partial charge in [-0.3, -0.25) is 9.89 Å². The molecule has 4 aromatic rings. The standard InChI is InChI=1S/C21H19FN4O2/c1-3-26-18-11-16(28-2)8-7-13(18)10-19(26)17-12-20(25-24-17)23-21(27)14-5-4-6-15(22)9-14/h4-12H,3H2,1-2H3,(H2,23,24,25,27). The molecule has 0 saturated heterocycles. The van der Waals surface area contributed by atoms with Crippen LogP contribution in [0.2, 0.25) is 0 Å². The number of halogens is 1. The summed E-state index contributed by atoms with van der Waals surface area (Å²) in [5, 5.41) is 10.9. The quantitative estimate of drug-likeness (QED) is 0.539. The van der Waals surface area contributed by atoms with Crippen LogP contribution in [0.4, 0.5) is 10.2 Å². The van der Waals surface area contributed by atoms with Gasteiger partial charge in [-0.1, -0.05) is 6.07 Å². The van der Waals surface area contributed by atoms with Gasteiger partial charge in [0.15, 0.2) is 5.82 Å². The molecular formula is C21H19FN4O2. The van der Waals surface area contributed by atoms with E-state index in [-0.39, 0.29) is 5.56 Å². The molecule has 6 nitrogen and oxygen atoms in total. The lowest BCUT2D eigenvalue weighted by atomic mass is 10.2. The minimum absolute atomic E-state index is 0.235. The topological polar surface area (TPSA) is 71.9 Å². The largest absolute Gasteiger partial charge is 0.497 e. The zero-order chi connectivity index (χ0) is 19.7. The van der Waals surface area contributed by atoms with E-state index in [0.717, 1.165) is 34.6 Å². The Morgan fingerprint density at radius 1 is 1.21 bits per heavy atom. The molecule has 0 aliphatic heterocycles. The second-order valence-electron chi connectivity index (χ2n) is 6.33. The van der Waals surface area contributed by atoms with Gasteiger partial charge in [0, 0.05) is 29.6 Å². The van der Waals surface area contributed by atoms with Crippen molar-refractivity contribution in [3.63, 3.8) is 0 Å². The van der Waals surface area contributed by atoms with Crippen molar-refractivity contribution in [2.24, 2.45) is 0 Å². The van der Waals surface area contributed by atoms with Crippen molar-refractivity contribution < 1.29 is 13.9 Å². The van der Waals surface area contributed by atoms with E-state index in [2.05, 4.69) is 33.1 Å². The van der Waals surface area contributed by atoms with Gasteiger partial charge in [-0.25, -0.2) is 4.39 Å². The SMILES string of the molecule is CCn1c(-c2cc(NC(=O)c3cccc(F)c3)n[nH]2)cc2ccc(OC)cc21. The Morgan fingerprint density at radius 2 is 2.07 bits per heavy atom. The minimum Gasteiger partial charge on any atom is -0.497 e. The Hall–Kier alpha value is -3.61. The van der Waals surface area contributed by atoms with Gasteiger partial charge in [-0.15, -0.1) is 0 Å². The number of fused-ring (bicyclic) bond motifs is 1. The molecule has 0 saturated carbocycles. The number of H-pyrrole nitrogens is 1. The first-order chi connectivity index (χ1) is 13.6. The van der Waals surface area contributed by atoms with E-state index < -0.39 is 11.7 Å². The molecule has 0 aliphatic rings. The van der Waals surface area contributed by atoms with E-state index in [1.54, 1.807) is 19.2 Å². The van der Waals surface area contributed by atoms with E-state index >= 15 is 0 Å². The lowest BCUT2D eigenvalue weighted by Gasteiger charge is -2.07. The summed E-state index contributed by atoms with van der Waals surface area (Å²) in [6, 6.07) is 15.3. The molecule has 0 aliphatic carbocycles. The highest BCUT2D eigenvalue weighted by Gasteiger charge is 2.14. The van der Waals surface area contributed by atoms with E-state index in [9.17, 15) is 9.18 Å². The molecule has 0 fully saturated rings. The van der Waals surface area contributed by atoms with Crippen LogP contribution in [-0.4, -0.2) is 27.8 Å². The molecule has 2 aromatic heterocycles. The number of hydrogen-bond donors (Lipinski definition) is 2. The summed E-state index contributed by atoms with van der Waals surface area (Å²) in [5.74, 6) is 0.283. The maximum absolute atomic E-state index is 13.3. The smallest absolute Gasteiger partial charge is 0.256 e. The summed E-state index contributed by atoms with van der Waals surface area (Å²) in [6.07, 6.45) is 0. The molecule has 142 valence electrons. The highest BCUT2D eigenvalue weighted by molar-refractivity contribution is 6.04. The Balaban J connectivity index is 1.65. The summed E-state index contributed by atoms with van der Waals surface area (Å²) in [7, 11) is 1.64. The highest BCUT2D eigenvalue weighted by Crippen LogP contribution is 2.30. The van der Waals surface area contributed by atoms with Gasteiger partial charge in [0.05, 0.1) is 24.0 Å². The van der Waals surface area contributed by atoms with Crippen molar-refractivity contribution in [2.75, 3.05) is 12.4 Å². The number of benzene rings is 2. The number of carbonyl (C=O) groups is 1. The second kappa shape index (κ2) is 7.19. The monoisotopic (exact) mass is 378 g/mol. The van der Waals surface area contributed by atoms with E-state index in [1.165, 1.54) is 18.2 Å². The van der Waals surface area contributed by atoms with Crippen molar-refractivity contribution in [3.05, 3.63) is 66.0 Å². The molecule has 2 heterocycles. The molecule has 0 atom stereocenters. The Labute approximate surface area is 160 Å². The number of hydrogen-bond acceptors (Lipinski definition) is 3. The summed E-state index contributed by atoms with van der Waals surface area (Å²) in [5.41, 5.74) is 3.01. The molecule has 0 radical (unpaired) electrons. The summed E-state index contributed by atoms with van der Waals surface area (Å²) in [4.78, 5) is 12.3. The van der Waals surface area contributed by atoms with Crippen LogP contribution in [0, 0.1) is 5.82 Å². The predicted molar refractivity (Wildman–Crippen MR) is 106 cm³/mol. The number of amides is 1. The number of ether oxygens (including phenoxy) is 1. The number of aryl methyl sites for hydroxylation is 1. The minimum atomic E-state index is -0.460. The van der Waals surface area contributed by atoms with Crippen LogP contribution in [0.15, 0.2) is 54.6 Å². The fourth-order valence-corrected chi connectivity index (χ4v) is 3.26. The molecule has 0 unspecified atom stereocenters. The third-order valence-electron chi connectivity index (χ3n) is 4.61. The lowest BCUT2D eigenvalue weighted by Crippen LogP contribution is -2.12. The first kappa shape index (κ1) is 17.8. The zero-order valence-corrected chi connectivity index (χ0v) is 15.5.